The first-order valence-electron chi connectivity index (χ1n) is 6.30. The summed E-state index contributed by atoms with van der Waals surface area (Å²) >= 11 is 0. The van der Waals surface area contributed by atoms with Crippen LogP contribution in [-0.4, -0.2) is 13.3 Å². The van der Waals surface area contributed by atoms with Gasteiger partial charge in [-0.3, -0.25) is 0 Å². The van der Waals surface area contributed by atoms with Crippen LogP contribution in [0.25, 0.3) is 0 Å². The van der Waals surface area contributed by atoms with Crippen molar-refractivity contribution in [2.45, 2.75) is 51.7 Å². The number of nitrogen functional groups attached to an aromatic ring is 1. The number of anilines is 1. The third-order valence-corrected chi connectivity index (χ3v) is 8.06. The summed E-state index contributed by atoms with van der Waals surface area (Å²) < 4.78 is 43.8. The molecular formula is C13H21F3N2OSi. The maximum Gasteiger partial charge on any atom is 0.433 e. The number of hydrogen-bond acceptors (Lipinski definition) is 3. The molecule has 0 aliphatic heterocycles. The van der Waals surface area contributed by atoms with Gasteiger partial charge in [0, 0.05) is 5.69 Å². The zero-order valence-corrected chi connectivity index (χ0v) is 13.4. The van der Waals surface area contributed by atoms with E-state index in [1.807, 2.05) is 13.1 Å². The van der Waals surface area contributed by atoms with Crippen molar-refractivity contribution >= 4 is 14.0 Å². The fourth-order valence-electron chi connectivity index (χ4n) is 1.30. The smallest absolute Gasteiger partial charge is 0.411 e. The van der Waals surface area contributed by atoms with E-state index < -0.39 is 20.2 Å². The molecule has 0 amide bonds. The number of rotatable bonds is 3. The molecule has 0 radical (unpaired) electrons. The maximum absolute atomic E-state index is 12.7. The molecule has 1 aromatic rings. The van der Waals surface area contributed by atoms with E-state index in [0.717, 1.165) is 6.07 Å². The molecule has 3 nitrogen and oxygen atoms in total. The first kappa shape index (κ1) is 17.0. The van der Waals surface area contributed by atoms with Gasteiger partial charge in [0.15, 0.2) is 8.32 Å². The molecule has 20 heavy (non-hydrogen) atoms. The van der Waals surface area contributed by atoms with Crippen molar-refractivity contribution in [3.63, 3.8) is 0 Å². The molecule has 0 atom stereocenters. The number of alkyl halides is 3. The van der Waals surface area contributed by atoms with Crippen molar-refractivity contribution in [1.82, 2.24) is 4.98 Å². The zero-order valence-electron chi connectivity index (χ0n) is 12.4. The minimum absolute atomic E-state index is 0.0137. The third kappa shape index (κ3) is 4.21. The van der Waals surface area contributed by atoms with E-state index in [2.05, 4.69) is 25.8 Å². The van der Waals surface area contributed by atoms with Gasteiger partial charge in [0.1, 0.15) is 5.69 Å². The van der Waals surface area contributed by atoms with Crippen LogP contribution in [-0.2, 0) is 17.2 Å². The van der Waals surface area contributed by atoms with Gasteiger partial charge >= 0.3 is 6.18 Å². The van der Waals surface area contributed by atoms with Gasteiger partial charge in [-0.25, -0.2) is 4.98 Å². The number of hydrogen-bond donors (Lipinski definition) is 1. The Morgan fingerprint density at radius 2 is 1.75 bits per heavy atom. The second-order valence-corrected chi connectivity index (χ2v) is 11.1. The van der Waals surface area contributed by atoms with Crippen LogP contribution in [0.15, 0.2) is 12.1 Å². The summed E-state index contributed by atoms with van der Waals surface area (Å²) in [6.45, 7) is 10.3. The van der Waals surface area contributed by atoms with E-state index in [1.54, 1.807) is 0 Å². The molecule has 0 saturated carbocycles. The number of pyridine rings is 1. The lowest BCUT2D eigenvalue weighted by molar-refractivity contribution is -0.141. The summed E-state index contributed by atoms with van der Waals surface area (Å²) in [6.07, 6.45) is -4.50. The Morgan fingerprint density at radius 3 is 2.20 bits per heavy atom. The number of aromatic nitrogens is 1. The second-order valence-electron chi connectivity index (χ2n) is 6.32. The van der Waals surface area contributed by atoms with Crippen molar-refractivity contribution in [2.75, 3.05) is 5.73 Å². The monoisotopic (exact) mass is 306 g/mol. The molecule has 0 spiro atoms. The molecule has 0 aliphatic rings. The molecule has 1 rings (SSSR count). The second kappa shape index (κ2) is 5.36. The molecule has 2 N–H and O–H groups in total. The van der Waals surface area contributed by atoms with E-state index in [4.69, 9.17) is 10.2 Å². The highest BCUT2D eigenvalue weighted by Crippen LogP contribution is 2.37. The molecule has 0 bridgehead atoms. The fourth-order valence-corrected chi connectivity index (χ4v) is 2.24. The van der Waals surface area contributed by atoms with E-state index in [0.29, 0.717) is 0 Å². The standard InChI is InChI=1S/C13H21F3N2OSi/c1-12(2,3)20(4,5)19-8-10-6-9(17)7-11(18-10)13(14,15)16/h6-7H,8H2,1-5H3,(H2,17,18). The lowest BCUT2D eigenvalue weighted by Crippen LogP contribution is -2.40. The molecule has 1 heterocycles. The number of halogens is 3. The number of nitrogens with two attached hydrogens (primary N) is 1. The van der Waals surface area contributed by atoms with Crippen LogP contribution in [0.3, 0.4) is 0 Å². The Bertz CT molecular complexity index is 481. The van der Waals surface area contributed by atoms with Gasteiger partial charge in [-0.05, 0) is 30.3 Å². The van der Waals surface area contributed by atoms with E-state index in [-0.39, 0.29) is 23.0 Å². The first-order chi connectivity index (χ1) is 8.83. The van der Waals surface area contributed by atoms with Crippen LogP contribution >= 0.6 is 0 Å². The molecule has 114 valence electrons. The van der Waals surface area contributed by atoms with Crippen molar-refractivity contribution in [3.8, 4) is 0 Å². The van der Waals surface area contributed by atoms with Gasteiger partial charge < -0.3 is 10.2 Å². The summed E-state index contributed by atoms with van der Waals surface area (Å²) in [4.78, 5) is 3.58. The van der Waals surface area contributed by atoms with E-state index in [9.17, 15) is 13.2 Å². The maximum atomic E-state index is 12.7. The molecule has 0 aliphatic carbocycles. The summed E-state index contributed by atoms with van der Waals surface area (Å²) in [5.74, 6) is 0. The van der Waals surface area contributed by atoms with Crippen LogP contribution in [0.5, 0.6) is 0 Å². The zero-order chi connectivity index (χ0) is 15.8. The van der Waals surface area contributed by atoms with Crippen LogP contribution in [0.2, 0.25) is 18.1 Å². The summed E-state index contributed by atoms with van der Waals surface area (Å²) in [7, 11) is -2.03. The van der Waals surface area contributed by atoms with Gasteiger partial charge in [0.25, 0.3) is 0 Å². The van der Waals surface area contributed by atoms with Crippen molar-refractivity contribution in [3.05, 3.63) is 23.5 Å². The van der Waals surface area contributed by atoms with Gasteiger partial charge in [-0.2, -0.15) is 13.2 Å². The molecule has 7 heteroatoms. The Morgan fingerprint density at radius 1 is 1.20 bits per heavy atom. The summed E-state index contributed by atoms with van der Waals surface area (Å²) in [6, 6.07) is 2.25. The van der Waals surface area contributed by atoms with Crippen LogP contribution in [0, 0.1) is 0 Å². The Labute approximate surface area is 118 Å². The molecule has 0 fully saturated rings. The predicted molar refractivity (Wildman–Crippen MR) is 75.6 cm³/mol. The van der Waals surface area contributed by atoms with Crippen LogP contribution < -0.4 is 5.73 Å². The predicted octanol–water partition coefficient (Wildman–Crippen LogP) is 4.20. The number of nitrogens with zero attached hydrogens (tertiary/aromatic N) is 1. The Kier molecular flexibility index (Phi) is 4.55. The van der Waals surface area contributed by atoms with E-state index >= 15 is 0 Å². The topological polar surface area (TPSA) is 48.1 Å². The van der Waals surface area contributed by atoms with Crippen LogP contribution in [0.4, 0.5) is 18.9 Å². The van der Waals surface area contributed by atoms with Crippen molar-refractivity contribution in [1.29, 1.82) is 0 Å². The fraction of sp³-hybridized carbons (Fsp3) is 0.615. The molecular weight excluding hydrogens is 285 g/mol. The van der Waals surface area contributed by atoms with Crippen molar-refractivity contribution in [2.24, 2.45) is 0 Å². The highest BCUT2D eigenvalue weighted by atomic mass is 28.4. The summed E-state index contributed by atoms with van der Waals surface area (Å²) in [5.41, 5.74) is 4.77. The lowest BCUT2D eigenvalue weighted by atomic mass is 10.2. The molecule has 0 saturated heterocycles. The largest absolute Gasteiger partial charge is 0.433 e. The molecule has 1 aromatic heterocycles. The third-order valence-electron chi connectivity index (χ3n) is 3.58. The van der Waals surface area contributed by atoms with Gasteiger partial charge in [-0.15, -0.1) is 0 Å². The highest BCUT2D eigenvalue weighted by Gasteiger charge is 2.37. The Hall–Kier alpha value is -1.08. The van der Waals surface area contributed by atoms with Crippen LogP contribution in [0.1, 0.15) is 32.2 Å². The average Bonchev–Trinajstić information content (AvgIpc) is 2.23. The summed E-state index contributed by atoms with van der Waals surface area (Å²) in [5, 5.41) is -0.0137. The minimum Gasteiger partial charge on any atom is -0.411 e. The lowest BCUT2D eigenvalue weighted by Gasteiger charge is -2.36. The molecule has 0 unspecified atom stereocenters. The molecule has 0 aromatic carbocycles. The normalized spacial score (nSPS) is 13.6. The Balaban J connectivity index is 2.92. The average molecular weight is 306 g/mol. The quantitative estimate of drug-likeness (QED) is 0.851. The van der Waals surface area contributed by atoms with E-state index in [1.165, 1.54) is 6.07 Å². The van der Waals surface area contributed by atoms with Gasteiger partial charge in [0.2, 0.25) is 0 Å². The SMILES string of the molecule is CC(C)(C)[Si](C)(C)OCc1cc(N)cc(C(F)(F)F)n1. The van der Waals surface area contributed by atoms with Crippen molar-refractivity contribution < 1.29 is 17.6 Å². The highest BCUT2D eigenvalue weighted by molar-refractivity contribution is 6.74. The first-order valence-corrected chi connectivity index (χ1v) is 9.21. The van der Waals surface area contributed by atoms with Gasteiger partial charge in [0.05, 0.1) is 12.3 Å². The van der Waals surface area contributed by atoms with Gasteiger partial charge in [-0.1, -0.05) is 20.8 Å². The minimum atomic E-state index is -4.50.